The molecule has 2 aromatic carbocycles. The van der Waals surface area contributed by atoms with Crippen molar-refractivity contribution in [2.24, 2.45) is 0 Å². The summed E-state index contributed by atoms with van der Waals surface area (Å²) in [5, 5.41) is 0.471. The molecule has 30 heavy (non-hydrogen) atoms. The molecular weight excluding hydrogens is 403 g/mol. The Labute approximate surface area is 182 Å². The Balaban J connectivity index is 1.34. The van der Waals surface area contributed by atoms with Gasteiger partial charge in [0.2, 0.25) is 0 Å². The van der Waals surface area contributed by atoms with Gasteiger partial charge in [0.1, 0.15) is 17.7 Å². The van der Waals surface area contributed by atoms with Crippen LogP contribution in [0.5, 0.6) is 5.75 Å². The van der Waals surface area contributed by atoms with Gasteiger partial charge in [-0.1, -0.05) is 29.8 Å². The zero-order chi connectivity index (χ0) is 20.9. The molecule has 0 aromatic heterocycles. The van der Waals surface area contributed by atoms with E-state index in [1.807, 2.05) is 29.2 Å². The number of nitrogens with zero attached hydrogens (tertiary/aromatic N) is 2. The smallest absolute Gasteiger partial charge is 0.257 e. The molecule has 4 nitrogen and oxygen atoms in total. The molecule has 2 fully saturated rings. The maximum absolute atomic E-state index is 13.3. The van der Waals surface area contributed by atoms with Crippen molar-refractivity contribution in [1.82, 2.24) is 9.80 Å². The van der Waals surface area contributed by atoms with Gasteiger partial charge in [0, 0.05) is 37.7 Å². The lowest BCUT2D eigenvalue weighted by Gasteiger charge is -2.33. The number of carbonyl (C=O) groups excluding carboxylic acids is 1. The van der Waals surface area contributed by atoms with Gasteiger partial charge < -0.3 is 9.64 Å². The molecular formula is C24H28ClFN2O2. The summed E-state index contributed by atoms with van der Waals surface area (Å²) < 4.78 is 19.5. The lowest BCUT2D eigenvalue weighted by Crippen LogP contribution is -2.38. The number of hydrogen-bond acceptors (Lipinski definition) is 3. The molecule has 0 spiro atoms. The summed E-state index contributed by atoms with van der Waals surface area (Å²) in [4.78, 5) is 17.2. The number of hydrogen-bond donors (Lipinski definition) is 0. The Morgan fingerprint density at radius 1 is 1.03 bits per heavy atom. The average Bonchev–Trinajstić information content (AvgIpc) is 2.77. The van der Waals surface area contributed by atoms with Crippen LogP contribution >= 0.6 is 11.6 Å². The van der Waals surface area contributed by atoms with E-state index in [9.17, 15) is 9.18 Å². The van der Waals surface area contributed by atoms with Crippen molar-refractivity contribution in [3.8, 4) is 5.75 Å². The summed E-state index contributed by atoms with van der Waals surface area (Å²) in [7, 11) is 0. The summed E-state index contributed by atoms with van der Waals surface area (Å²) >= 11 is 6.17. The monoisotopic (exact) mass is 430 g/mol. The van der Waals surface area contributed by atoms with Gasteiger partial charge in [-0.2, -0.15) is 0 Å². The van der Waals surface area contributed by atoms with E-state index in [1.165, 1.54) is 18.6 Å². The highest BCUT2D eigenvalue weighted by Crippen LogP contribution is 2.27. The number of likely N-dealkylation sites (tertiary alicyclic amines) is 2. The van der Waals surface area contributed by atoms with Gasteiger partial charge in [-0.25, -0.2) is 4.39 Å². The molecule has 0 unspecified atom stereocenters. The second-order valence-corrected chi connectivity index (χ2v) is 8.59. The molecule has 0 aliphatic carbocycles. The van der Waals surface area contributed by atoms with Crippen molar-refractivity contribution < 1.29 is 13.9 Å². The Hall–Kier alpha value is -2.11. The number of carbonyl (C=O) groups is 1. The normalized spacial score (nSPS) is 18.4. The van der Waals surface area contributed by atoms with Crippen LogP contribution in [0.2, 0.25) is 5.02 Å². The van der Waals surface area contributed by atoms with E-state index in [-0.39, 0.29) is 17.8 Å². The highest BCUT2D eigenvalue weighted by molar-refractivity contribution is 6.31. The topological polar surface area (TPSA) is 32.8 Å². The van der Waals surface area contributed by atoms with Crippen molar-refractivity contribution in [2.75, 3.05) is 26.2 Å². The van der Waals surface area contributed by atoms with E-state index in [2.05, 4.69) is 4.90 Å². The van der Waals surface area contributed by atoms with Crippen molar-refractivity contribution in [1.29, 1.82) is 0 Å². The van der Waals surface area contributed by atoms with Crippen LogP contribution in [-0.4, -0.2) is 48.0 Å². The molecule has 2 heterocycles. The number of ether oxygens (including phenoxy) is 1. The number of piperidine rings is 2. The van der Waals surface area contributed by atoms with Crippen molar-refractivity contribution >= 4 is 17.5 Å². The fraction of sp³-hybridized carbons (Fsp3) is 0.458. The van der Waals surface area contributed by atoms with E-state index in [4.69, 9.17) is 16.3 Å². The second-order valence-electron chi connectivity index (χ2n) is 8.18. The third-order valence-electron chi connectivity index (χ3n) is 6.00. The molecule has 4 rings (SSSR count). The minimum Gasteiger partial charge on any atom is -0.489 e. The molecule has 6 heteroatoms. The maximum atomic E-state index is 13.3. The molecule has 1 amide bonds. The molecule has 2 aliphatic heterocycles. The molecule has 160 valence electrons. The van der Waals surface area contributed by atoms with Gasteiger partial charge in [-0.15, -0.1) is 0 Å². The fourth-order valence-electron chi connectivity index (χ4n) is 4.27. The summed E-state index contributed by atoms with van der Waals surface area (Å²) in [5.41, 5.74) is 1.61. The van der Waals surface area contributed by atoms with E-state index < -0.39 is 0 Å². The fourth-order valence-corrected chi connectivity index (χ4v) is 4.50. The number of rotatable bonds is 5. The molecule has 0 atom stereocenters. The Morgan fingerprint density at radius 2 is 1.77 bits per heavy atom. The predicted octanol–water partition coefficient (Wildman–Crippen LogP) is 5.15. The first-order chi connectivity index (χ1) is 14.6. The van der Waals surface area contributed by atoms with Crippen LogP contribution in [0.15, 0.2) is 42.5 Å². The van der Waals surface area contributed by atoms with Crippen LogP contribution in [0.3, 0.4) is 0 Å². The van der Waals surface area contributed by atoms with E-state index in [1.54, 1.807) is 6.07 Å². The lowest BCUT2D eigenvalue weighted by molar-refractivity contribution is 0.0702. The number of para-hydroxylation sites is 1. The van der Waals surface area contributed by atoms with E-state index in [0.717, 1.165) is 57.4 Å². The van der Waals surface area contributed by atoms with Crippen LogP contribution in [0.4, 0.5) is 4.39 Å². The van der Waals surface area contributed by atoms with Crippen LogP contribution in [0.25, 0.3) is 0 Å². The minimum atomic E-state index is -0.311. The van der Waals surface area contributed by atoms with E-state index in [0.29, 0.717) is 22.9 Å². The van der Waals surface area contributed by atoms with Gasteiger partial charge in [0.15, 0.2) is 0 Å². The third-order valence-corrected chi connectivity index (χ3v) is 6.35. The standard InChI is InChI=1S/C24H28ClFN2O2/c25-22-16-19(26)9-8-18(22)17-27-14-10-20(11-15-27)30-23-7-3-2-6-21(23)24(29)28-12-4-1-5-13-28/h2-3,6-9,16,20H,1,4-5,10-15,17H2. The zero-order valence-corrected chi connectivity index (χ0v) is 17.9. The average molecular weight is 431 g/mol. The Bertz CT molecular complexity index is 877. The Morgan fingerprint density at radius 3 is 2.50 bits per heavy atom. The van der Waals surface area contributed by atoms with Crippen molar-refractivity contribution in [3.63, 3.8) is 0 Å². The summed E-state index contributed by atoms with van der Waals surface area (Å²) in [6.45, 7) is 4.12. The van der Waals surface area contributed by atoms with Gasteiger partial charge in [-0.05, 0) is 61.9 Å². The van der Waals surface area contributed by atoms with Gasteiger partial charge >= 0.3 is 0 Å². The predicted molar refractivity (Wildman–Crippen MR) is 117 cm³/mol. The number of amides is 1. The molecule has 0 N–H and O–H groups in total. The van der Waals surface area contributed by atoms with Crippen LogP contribution in [0, 0.1) is 5.82 Å². The largest absolute Gasteiger partial charge is 0.489 e. The molecule has 2 aromatic rings. The van der Waals surface area contributed by atoms with Gasteiger partial charge in [0.05, 0.1) is 5.56 Å². The number of halogens is 2. The molecule has 2 saturated heterocycles. The quantitative estimate of drug-likeness (QED) is 0.657. The summed E-state index contributed by atoms with van der Waals surface area (Å²) in [6.07, 6.45) is 5.19. The van der Waals surface area contributed by atoms with Crippen molar-refractivity contribution in [2.45, 2.75) is 44.8 Å². The molecule has 0 bridgehead atoms. The van der Waals surface area contributed by atoms with Crippen LogP contribution in [-0.2, 0) is 6.54 Å². The van der Waals surface area contributed by atoms with Crippen molar-refractivity contribution in [3.05, 3.63) is 64.4 Å². The summed E-state index contributed by atoms with van der Waals surface area (Å²) in [6, 6.07) is 12.2. The van der Waals surface area contributed by atoms with Crippen LogP contribution < -0.4 is 4.74 Å². The maximum Gasteiger partial charge on any atom is 0.257 e. The highest BCUT2D eigenvalue weighted by Gasteiger charge is 2.25. The minimum absolute atomic E-state index is 0.0775. The first-order valence-corrected chi connectivity index (χ1v) is 11.2. The van der Waals surface area contributed by atoms with E-state index >= 15 is 0 Å². The lowest BCUT2D eigenvalue weighted by atomic mass is 10.1. The zero-order valence-electron chi connectivity index (χ0n) is 17.2. The first-order valence-electron chi connectivity index (χ1n) is 10.8. The Kier molecular flexibility index (Phi) is 6.90. The third kappa shape index (κ3) is 5.13. The number of benzene rings is 2. The highest BCUT2D eigenvalue weighted by atomic mass is 35.5. The summed E-state index contributed by atoms with van der Waals surface area (Å²) in [5.74, 6) is 0.454. The first kappa shape index (κ1) is 21.1. The second kappa shape index (κ2) is 9.80. The van der Waals surface area contributed by atoms with Gasteiger partial charge in [-0.3, -0.25) is 9.69 Å². The molecule has 0 saturated carbocycles. The van der Waals surface area contributed by atoms with Gasteiger partial charge in [0.25, 0.3) is 5.91 Å². The molecule has 0 radical (unpaired) electrons. The SMILES string of the molecule is O=C(c1ccccc1OC1CCN(Cc2ccc(F)cc2Cl)CC1)N1CCCCC1. The van der Waals surface area contributed by atoms with Crippen LogP contribution in [0.1, 0.15) is 48.0 Å². The molecule has 2 aliphatic rings.